The molecule has 2 rings (SSSR count). The van der Waals surface area contributed by atoms with E-state index in [9.17, 15) is 4.79 Å². The van der Waals surface area contributed by atoms with Crippen LogP contribution in [0.4, 0.5) is 0 Å². The van der Waals surface area contributed by atoms with E-state index in [4.69, 9.17) is 18.0 Å². The van der Waals surface area contributed by atoms with Crippen molar-refractivity contribution in [3.8, 4) is 12.3 Å². The van der Waals surface area contributed by atoms with E-state index in [1.165, 1.54) is 0 Å². The number of likely N-dealkylation sites (tertiary alicyclic amines) is 1. The van der Waals surface area contributed by atoms with Crippen molar-refractivity contribution in [2.45, 2.75) is 19.4 Å². The lowest BCUT2D eigenvalue weighted by Gasteiger charge is -2.25. The van der Waals surface area contributed by atoms with Crippen molar-refractivity contribution >= 4 is 17.5 Å². The molecule has 2 unspecified atom stereocenters. The summed E-state index contributed by atoms with van der Waals surface area (Å²) in [6.07, 6.45) is 5.83. The first kappa shape index (κ1) is 12.0. The Hall–Kier alpha value is -1.46. The van der Waals surface area contributed by atoms with Crippen molar-refractivity contribution in [1.82, 2.24) is 4.90 Å². The molecular formula is C14H14ClNO. The van der Waals surface area contributed by atoms with Crippen LogP contribution in [0.3, 0.4) is 0 Å². The van der Waals surface area contributed by atoms with Gasteiger partial charge in [-0.2, -0.15) is 0 Å². The molecule has 0 N–H and O–H groups in total. The maximum absolute atomic E-state index is 11.8. The Morgan fingerprint density at radius 2 is 2.35 bits per heavy atom. The van der Waals surface area contributed by atoms with Crippen LogP contribution in [0.5, 0.6) is 0 Å². The van der Waals surface area contributed by atoms with E-state index in [2.05, 4.69) is 5.92 Å². The predicted molar refractivity (Wildman–Crippen MR) is 68.5 cm³/mol. The molecule has 1 aromatic rings. The Bertz CT molecular complexity index is 477. The maximum Gasteiger partial charge on any atom is 0.224 e. The van der Waals surface area contributed by atoms with Crippen LogP contribution in [-0.2, 0) is 4.79 Å². The Labute approximate surface area is 107 Å². The zero-order valence-corrected chi connectivity index (χ0v) is 10.4. The number of hydrogen-bond donors (Lipinski definition) is 0. The highest BCUT2D eigenvalue weighted by atomic mass is 35.5. The summed E-state index contributed by atoms with van der Waals surface area (Å²) in [4.78, 5) is 13.7. The first-order valence-electron chi connectivity index (χ1n) is 5.63. The Kier molecular flexibility index (Phi) is 3.40. The number of carbonyl (C=O) groups is 1. The molecule has 0 aromatic heterocycles. The Balaban J connectivity index is 2.19. The summed E-state index contributed by atoms with van der Waals surface area (Å²) in [5.74, 6) is 2.82. The van der Waals surface area contributed by atoms with Gasteiger partial charge in [-0.05, 0) is 24.6 Å². The zero-order valence-electron chi connectivity index (χ0n) is 9.69. The fourth-order valence-electron chi connectivity index (χ4n) is 2.16. The Morgan fingerprint density at radius 3 is 2.94 bits per heavy atom. The van der Waals surface area contributed by atoms with Gasteiger partial charge in [0.05, 0.1) is 6.04 Å². The average molecular weight is 248 g/mol. The second-order valence-electron chi connectivity index (χ2n) is 4.34. The fourth-order valence-corrected chi connectivity index (χ4v) is 2.36. The van der Waals surface area contributed by atoms with E-state index < -0.39 is 0 Å². The highest BCUT2D eigenvalue weighted by molar-refractivity contribution is 6.30. The van der Waals surface area contributed by atoms with Crippen molar-refractivity contribution in [3.63, 3.8) is 0 Å². The van der Waals surface area contributed by atoms with E-state index in [0.717, 1.165) is 5.56 Å². The van der Waals surface area contributed by atoms with Gasteiger partial charge in [0, 0.05) is 23.9 Å². The molecule has 0 spiro atoms. The summed E-state index contributed by atoms with van der Waals surface area (Å²) in [6.45, 7) is 2.64. The quantitative estimate of drug-likeness (QED) is 0.736. The molecule has 1 aliphatic rings. The molecule has 17 heavy (non-hydrogen) atoms. The molecule has 1 fully saturated rings. The third-order valence-corrected chi connectivity index (χ3v) is 3.43. The van der Waals surface area contributed by atoms with Crippen LogP contribution in [0.2, 0.25) is 5.02 Å². The van der Waals surface area contributed by atoms with Crippen molar-refractivity contribution in [2.24, 2.45) is 5.92 Å². The van der Waals surface area contributed by atoms with Crippen molar-refractivity contribution in [1.29, 1.82) is 0 Å². The second kappa shape index (κ2) is 4.81. The van der Waals surface area contributed by atoms with Crippen molar-refractivity contribution < 1.29 is 4.79 Å². The van der Waals surface area contributed by atoms with Gasteiger partial charge in [-0.3, -0.25) is 4.79 Å². The largest absolute Gasteiger partial charge is 0.335 e. The molecule has 0 aliphatic carbocycles. The van der Waals surface area contributed by atoms with Gasteiger partial charge in [0.15, 0.2) is 0 Å². The van der Waals surface area contributed by atoms with Gasteiger partial charge in [0.1, 0.15) is 0 Å². The van der Waals surface area contributed by atoms with Crippen molar-refractivity contribution in [3.05, 3.63) is 34.9 Å². The molecule has 2 atom stereocenters. The number of terminal acetylenes is 1. The normalized spacial score (nSPS) is 21.4. The van der Waals surface area contributed by atoms with Crippen LogP contribution < -0.4 is 0 Å². The van der Waals surface area contributed by atoms with Crippen LogP contribution >= 0.6 is 11.6 Å². The molecule has 0 saturated carbocycles. The summed E-state index contributed by atoms with van der Waals surface area (Å²) in [5.41, 5.74) is 1.04. The number of hydrogen-bond acceptors (Lipinski definition) is 1. The number of amides is 1. The molecule has 1 heterocycles. The van der Waals surface area contributed by atoms with Crippen LogP contribution in [0.25, 0.3) is 0 Å². The molecule has 1 aromatic carbocycles. The Morgan fingerprint density at radius 1 is 1.59 bits per heavy atom. The summed E-state index contributed by atoms with van der Waals surface area (Å²) in [5, 5.41) is 0.689. The number of carbonyl (C=O) groups excluding carboxylic acids is 1. The van der Waals surface area contributed by atoms with Crippen LogP contribution in [0.1, 0.15) is 24.9 Å². The molecule has 88 valence electrons. The molecule has 1 saturated heterocycles. The van der Waals surface area contributed by atoms with Gasteiger partial charge in [-0.15, -0.1) is 12.3 Å². The van der Waals surface area contributed by atoms with Gasteiger partial charge in [0.2, 0.25) is 5.91 Å². The summed E-state index contributed by atoms with van der Waals surface area (Å²) < 4.78 is 0. The number of nitrogens with zero attached hydrogens (tertiary/aromatic N) is 1. The van der Waals surface area contributed by atoms with Crippen LogP contribution in [0.15, 0.2) is 24.3 Å². The first-order valence-corrected chi connectivity index (χ1v) is 6.00. The van der Waals surface area contributed by atoms with E-state index >= 15 is 0 Å². The zero-order chi connectivity index (χ0) is 12.4. The van der Waals surface area contributed by atoms with Gasteiger partial charge in [-0.1, -0.05) is 23.7 Å². The first-order chi connectivity index (χ1) is 8.11. The van der Waals surface area contributed by atoms with E-state index in [1.807, 2.05) is 36.1 Å². The molecule has 0 bridgehead atoms. The van der Waals surface area contributed by atoms with Gasteiger partial charge < -0.3 is 4.90 Å². The topological polar surface area (TPSA) is 20.3 Å². The second-order valence-corrected chi connectivity index (χ2v) is 4.78. The lowest BCUT2D eigenvalue weighted by atomic mass is 10.1. The third-order valence-electron chi connectivity index (χ3n) is 3.19. The molecule has 1 amide bonds. The number of halogens is 1. The third kappa shape index (κ3) is 2.45. The fraction of sp³-hybridized carbons (Fsp3) is 0.357. The highest BCUT2D eigenvalue weighted by Gasteiger charge is 2.32. The molecule has 3 heteroatoms. The van der Waals surface area contributed by atoms with E-state index in [-0.39, 0.29) is 17.9 Å². The van der Waals surface area contributed by atoms with Gasteiger partial charge in [-0.25, -0.2) is 0 Å². The minimum absolute atomic E-state index is 0.0274. The van der Waals surface area contributed by atoms with Gasteiger partial charge in [0.25, 0.3) is 0 Å². The van der Waals surface area contributed by atoms with E-state index in [0.29, 0.717) is 18.0 Å². The minimum Gasteiger partial charge on any atom is -0.335 e. The number of benzene rings is 1. The van der Waals surface area contributed by atoms with Crippen LogP contribution in [-0.4, -0.2) is 17.4 Å². The monoisotopic (exact) mass is 247 g/mol. The van der Waals surface area contributed by atoms with E-state index in [1.54, 1.807) is 0 Å². The molecule has 1 aliphatic heterocycles. The lowest BCUT2D eigenvalue weighted by Crippen LogP contribution is -2.28. The number of rotatable bonds is 2. The van der Waals surface area contributed by atoms with Crippen LogP contribution in [0, 0.1) is 18.3 Å². The smallest absolute Gasteiger partial charge is 0.224 e. The average Bonchev–Trinajstić information content (AvgIpc) is 2.69. The summed E-state index contributed by atoms with van der Waals surface area (Å²) >= 11 is 5.95. The lowest BCUT2D eigenvalue weighted by molar-refractivity contribution is -0.129. The van der Waals surface area contributed by atoms with Crippen molar-refractivity contribution in [2.75, 3.05) is 6.54 Å². The molecular weight excluding hydrogens is 234 g/mol. The minimum atomic E-state index is 0.0274. The highest BCUT2D eigenvalue weighted by Crippen LogP contribution is 2.29. The molecule has 0 radical (unpaired) electrons. The maximum atomic E-state index is 11.8. The van der Waals surface area contributed by atoms with Gasteiger partial charge >= 0.3 is 0 Å². The summed E-state index contributed by atoms with van der Waals surface area (Å²) in [7, 11) is 0. The SMILES string of the molecule is C#CC1CC(=O)N(C(C)c2cccc(Cl)c2)C1. The predicted octanol–water partition coefficient (Wildman–Crippen LogP) is 2.88. The standard InChI is InChI=1S/C14H14ClNO/c1-3-11-7-14(17)16(9-11)10(2)12-5-4-6-13(15)8-12/h1,4-6,8,10-11H,7,9H2,2H3. The molecule has 2 nitrogen and oxygen atoms in total. The summed E-state index contributed by atoms with van der Waals surface area (Å²) in [6, 6.07) is 7.62.